The second-order valence-electron chi connectivity index (χ2n) is 5.54. The average molecular weight is 390 g/mol. The molecule has 0 spiro atoms. The molecule has 0 aliphatic rings. The van der Waals surface area contributed by atoms with Crippen LogP contribution < -0.4 is 10.6 Å². The summed E-state index contributed by atoms with van der Waals surface area (Å²) in [6.45, 7) is 0. The summed E-state index contributed by atoms with van der Waals surface area (Å²) in [5.41, 5.74) is 1.90. The van der Waals surface area contributed by atoms with Crippen LogP contribution in [0.4, 0.5) is 21.6 Å². The van der Waals surface area contributed by atoms with Gasteiger partial charge in [-0.05, 0) is 48.0 Å². The molecule has 7 heteroatoms. The first kappa shape index (κ1) is 18.2. The van der Waals surface area contributed by atoms with E-state index in [1.807, 2.05) is 0 Å². The highest BCUT2D eigenvalue weighted by atomic mass is 35.5. The van der Waals surface area contributed by atoms with Crippen molar-refractivity contribution in [2.24, 2.45) is 0 Å². The van der Waals surface area contributed by atoms with E-state index in [-0.39, 0.29) is 18.1 Å². The normalized spacial score (nSPS) is 10.4. The minimum absolute atomic E-state index is 0.0844. The highest BCUT2D eigenvalue weighted by Crippen LogP contribution is 2.26. The Morgan fingerprint density at radius 2 is 1.81 bits per heavy atom. The molecular weight excluding hydrogens is 376 g/mol. The Bertz CT molecular complexity index is 932. The van der Waals surface area contributed by atoms with Crippen molar-refractivity contribution in [2.45, 2.75) is 6.42 Å². The van der Waals surface area contributed by atoms with Crippen LogP contribution in [0.5, 0.6) is 0 Å². The third-order valence-corrected chi connectivity index (χ3v) is 4.23. The number of rotatable bonds is 5. The number of nitrogens with zero attached hydrogens (tertiary/aromatic N) is 1. The van der Waals surface area contributed by atoms with Gasteiger partial charge in [0.25, 0.3) is 0 Å². The van der Waals surface area contributed by atoms with E-state index in [9.17, 15) is 9.18 Å². The van der Waals surface area contributed by atoms with Crippen LogP contribution in [-0.4, -0.2) is 10.9 Å². The molecule has 4 nitrogen and oxygen atoms in total. The number of amides is 1. The fourth-order valence-corrected chi connectivity index (χ4v) is 2.60. The summed E-state index contributed by atoms with van der Waals surface area (Å²) in [6.07, 6.45) is 1.62. The molecule has 3 rings (SSSR count). The van der Waals surface area contributed by atoms with Crippen LogP contribution >= 0.6 is 23.2 Å². The molecule has 0 unspecified atom stereocenters. The largest absolute Gasteiger partial charge is 0.340 e. The van der Waals surface area contributed by atoms with E-state index < -0.39 is 0 Å². The molecule has 26 heavy (non-hydrogen) atoms. The lowest BCUT2D eigenvalue weighted by Gasteiger charge is -2.09. The molecule has 1 heterocycles. The highest BCUT2D eigenvalue weighted by Gasteiger charge is 2.06. The predicted molar refractivity (Wildman–Crippen MR) is 103 cm³/mol. The van der Waals surface area contributed by atoms with E-state index in [4.69, 9.17) is 23.2 Å². The molecular formula is C19H14Cl2FN3O. The Balaban J connectivity index is 1.60. The van der Waals surface area contributed by atoms with E-state index in [2.05, 4.69) is 15.6 Å². The van der Waals surface area contributed by atoms with Crippen LogP contribution in [0.25, 0.3) is 0 Å². The van der Waals surface area contributed by atoms with Crippen LogP contribution in [0, 0.1) is 5.82 Å². The number of halogens is 3. The van der Waals surface area contributed by atoms with Crippen LogP contribution in [0.3, 0.4) is 0 Å². The zero-order valence-electron chi connectivity index (χ0n) is 13.5. The van der Waals surface area contributed by atoms with Gasteiger partial charge in [-0.2, -0.15) is 0 Å². The van der Waals surface area contributed by atoms with E-state index in [1.165, 1.54) is 18.3 Å². The van der Waals surface area contributed by atoms with Gasteiger partial charge in [-0.15, -0.1) is 0 Å². The maximum absolute atomic E-state index is 13.2. The fraction of sp³-hybridized carbons (Fsp3) is 0.0526. The standard InChI is InChI=1S/C19H14Cl2FN3O/c20-16-6-4-14(10-17(16)21)24-18-7-5-15(11-23-18)25-19(26)9-12-2-1-3-13(22)8-12/h1-8,10-11H,9H2,(H,23,24)(H,25,26). The number of hydrogen-bond donors (Lipinski definition) is 2. The quantitative estimate of drug-likeness (QED) is 0.609. The Labute approximate surface area is 160 Å². The van der Waals surface area contributed by atoms with Crippen molar-refractivity contribution >= 4 is 46.3 Å². The highest BCUT2D eigenvalue weighted by molar-refractivity contribution is 6.42. The maximum Gasteiger partial charge on any atom is 0.228 e. The Hall–Kier alpha value is -2.63. The summed E-state index contributed by atoms with van der Waals surface area (Å²) in [5.74, 6) is -0.0243. The number of aromatic nitrogens is 1. The van der Waals surface area contributed by atoms with Crippen LogP contribution in [-0.2, 0) is 11.2 Å². The molecule has 2 aromatic carbocycles. The van der Waals surface area contributed by atoms with Gasteiger partial charge in [0.1, 0.15) is 11.6 Å². The molecule has 1 aromatic heterocycles. The van der Waals surface area contributed by atoms with Crippen LogP contribution in [0.1, 0.15) is 5.56 Å². The van der Waals surface area contributed by atoms with Crippen LogP contribution in [0.15, 0.2) is 60.8 Å². The molecule has 0 aliphatic heterocycles. The molecule has 0 saturated carbocycles. The minimum atomic E-state index is -0.366. The number of hydrogen-bond acceptors (Lipinski definition) is 3. The van der Waals surface area contributed by atoms with Gasteiger partial charge in [-0.3, -0.25) is 4.79 Å². The molecule has 0 radical (unpaired) electrons. The lowest BCUT2D eigenvalue weighted by molar-refractivity contribution is -0.115. The molecule has 0 saturated heterocycles. The van der Waals surface area contributed by atoms with Crippen molar-refractivity contribution in [1.82, 2.24) is 4.98 Å². The number of pyridine rings is 1. The Morgan fingerprint density at radius 1 is 1.00 bits per heavy atom. The lowest BCUT2D eigenvalue weighted by Crippen LogP contribution is -2.14. The van der Waals surface area contributed by atoms with E-state index >= 15 is 0 Å². The maximum atomic E-state index is 13.2. The van der Waals surface area contributed by atoms with Gasteiger partial charge >= 0.3 is 0 Å². The zero-order valence-corrected chi connectivity index (χ0v) is 15.0. The van der Waals surface area contributed by atoms with Gasteiger partial charge in [0.15, 0.2) is 0 Å². The summed E-state index contributed by atoms with van der Waals surface area (Å²) in [5, 5.41) is 6.73. The monoisotopic (exact) mass is 389 g/mol. The van der Waals surface area contributed by atoms with Gasteiger partial charge in [0.05, 0.1) is 28.4 Å². The second kappa shape index (κ2) is 8.17. The summed E-state index contributed by atoms with van der Waals surface area (Å²) in [6, 6.07) is 14.6. The second-order valence-corrected chi connectivity index (χ2v) is 6.36. The first-order valence-corrected chi connectivity index (χ1v) is 8.47. The summed E-state index contributed by atoms with van der Waals surface area (Å²) in [4.78, 5) is 16.3. The summed E-state index contributed by atoms with van der Waals surface area (Å²) < 4.78 is 13.2. The Morgan fingerprint density at radius 3 is 2.50 bits per heavy atom. The first-order valence-electron chi connectivity index (χ1n) is 7.72. The third kappa shape index (κ3) is 4.94. The third-order valence-electron chi connectivity index (χ3n) is 3.49. The number of carbonyl (C=O) groups is 1. The topological polar surface area (TPSA) is 54.0 Å². The predicted octanol–water partition coefficient (Wildman–Crippen LogP) is 5.45. The van der Waals surface area contributed by atoms with Gasteiger partial charge in [0.2, 0.25) is 5.91 Å². The molecule has 1 amide bonds. The van der Waals surface area contributed by atoms with Crippen molar-refractivity contribution in [3.05, 3.63) is 82.2 Å². The van der Waals surface area contributed by atoms with Crippen molar-refractivity contribution in [1.29, 1.82) is 0 Å². The first-order chi connectivity index (χ1) is 12.5. The smallest absolute Gasteiger partial charge is 0.228 e. The van der Waals surface area contributed by atoms with E-state index in [0.717, 1.165) is 5.69 Å². The molecule has 0 fully saturated rings. The average Bonchev–Trinajstić information content (AvgIpc) is 2.60. The van der Waals surface area contributed by atoms with Crippen molar-refractivity contribution in [2.75, 3.05) is 10.6 Å². The fourth-order valence-electron chi connectivity index (χ4n) is 2.30. The number of anilines is 3. The van der Waals surface area contributed by atoms with Crippen molar-refractivity contribution in [3.8, 4) is 0 Å². The molecule has 3 aromatic rings. The van der Waals surface area contributed by atoms with E-state index in [0.29, 0.717) is 27.1 Å². The molecule has 0 atom stereocenters. The zero-order chi connectivity index (χ0) is 18.5. The van der Waals surface area contributed by atoms with Crippen molar-refractivity contribution < 1.29 is 9.18 Å². The molecule has 2 N–H and O–H groups in total. The number of carbonyl (C=O) groups excluding carboxylic acids is 1. The molecule has 0 aliphatic carbocycles. The molecule has 132 valence electrons. The van der Waals surface area contributed by atoms with Gasteiger partial charge < -0.3 is 10.6 Å². The van der Waals surface area contributed by atoms with E-state index in [1.54, 1.807) is 42.5 Å². The number of benzene rings is 2. The Kier molecular flexibility index (Phi) is 5.71. The number of nitrogens with one attached hydrogen (secondary N) is 2. The van der Waals surface area contributed by atoms with Crippen molar-refractivity contribution in [3.63, 3.8) is 0 Å². The summed E-state index contributed by atoms with van der Waals surface area (Å²) >= 11 is 11.9. The molecule has 0 bridgehead atoms. The summed E-state index contributed by atoms with van der Waals surface area (Å²) in [7, 11) is 0. The van der Waals surface area contributed by atoms with Gasteiger partial charge in [0, 0.05) is 5.69 Å². The minimum Gasteiger partial charge on any atom is -0.340 e. The van der Waals surface area contributed by atoms with Gasteiger partial charge in [-0.1, -0.05) is 35.3 Å². The lowest BCUT2D eigenvalue weighted by atomic mass is 10.1. The van der Waals surface area contributed by atoms with Gasteiger partial charge in [-0.25, -0.2) is 9.37 Å². The van der Waals surface area contributed by atoms with Crippen LogP contribution in [0.2, 0.25) is 10.0 Å². The SMILES string of the molecule is O=C(Cc1cccc(F)c1)Nc1ccc(Nc2ccc(Cl)c(Cl)c2)nc1.